The molecule has 0 heterocycles. The molecule has 2 nitrogen and oxygen atoms in total. The highest BCUT2D eigenvalue weighted by Crippen LogP contribution is 2.29. The normalized spacial score (nSPS) is 12.2. The van der Waals surface area contributed by atoms with Crippen molar-refractivity contribution in [2.45, 2.75) is 13.0 Å². The molecule has 3 heteroatoms. The first kappa shape index (κ1) is 13.6. The van der Waals surface area contributed by atoms with Gasteiger partial charge in [0.2, 0.25) is 0 Å². The van der Waals surface area contributed by atoms with E-state index >= 15 is 0 Å². The van der Waals surface area contributed by atoms with Gasteiger partial charge in [0.05, 0.1) is 12.6 Å². The molecule has 19 heavy (non-hydrogen) atoms. The van der Waals surface area contributed by atoms with Gasteiger partial charge in [0.15, 0.2) is 0 Å². The number of ether oxygens (including phenoxy) is 1. The third kappa shape index (κ3) is 3.12. The predicted octanol–water partition coefficient (Wildman–Crippen LogP) is 3.53. The van der Waals surface area contributed by atoms with E-state index in [1.807, 2.05) is 38.2 Å². The van der Waals surface area contributed by atoms with Gasteiger partial charge in [0, 0.05) is 5.56 Å². The Balaban J connectivity index is 2.39. The lowest BCUT2D eigenvalue weighted by Gasteiger charge is -2.20. The monoisotopic (exact) mass is 259 g/mol. The molecule has 0 aliphatic rings. The molecule has 2 aromatic rings. The zero-order valence-electron chi connectivity index (χ0n) is 11.2. The zero-order chi connectivity index (χ0) is 13.7. The van der Waals surface area contributed by atoms with Crippen molar-refractivity contribution < 1.29 is 9.13 Å². The second-order valence-corrected chi connectivity index (χ2v) is 4.24. The van der Waals surface area contributed by atoms with Gasteiger partial charge in [-0.3, -0.25) is 0 Å². The zero-order valence-corrected chi connectivity index (χ0v) is 11.2. The standard InChI is InChI=1S/C16H18FNO/c1-3-19-15-7-5-4-6-14(15)16(18-2)12-8-10-13(17)11-9-12/h4-11,16,18H,3H2,1-2H3. The van der Waals surface area contributed by atoms with Gasteiger partial charge in [-0.15, -0.1) is 0 Å². The van der Waals surface area contributed by atoms with Crippen molar-refractivity contribution in [3.8, 4) is 5.75 Å². The first-order valence-electron chi connectivity index (χ1n) is 6.40. The second-order valence-electron chi connectivity index (χ2n) is 4.24. The summed E-state index contributed by atoms with van der Waals surface area (Å²) in [5.41, 5.74) is 2.06. The van der Waals surface area contributed by atoms with Crippen LogP contribution in [0.5, 0.6) is 5.75 Å². The number of benzene rings is 2. The van der Waals surface area contributed by atoms with Gasteiger partial charge in [-0.1, -0.05) is 30.3 Å². The second kappa shape index (κ2) is 6.34. The summed E-state index contributed by atoms with van der Waals surface area (Å²) in [4.78, 5) is 0. The molecular weight excluding hydrogens is 241 g/mol. The maximum atomic E-state index is 13.0. The Morgan fingerprint density at radius 2 is 1.79 bits per heavy atom. The minimum atomic E-state index is -0.225. The van der Waals surface area contributed by atoms with Crippen molar-refractivity contribution in [3.63, 3.8) is 0 Å². The molecule has 0 amide bonds. The highest BCUT2D eigenvalue weighted by molar-refractivity contribution is 5.41. The van der Waals surface area contributed by atoms with Crippen LogP contribution in [0.3, 0.4) is 0 Å². The van der Waals surface area contributed by atoms with Gasteiger partial charge in [-0.25, -0.2) is 4.39 Å². The van der Waals surface area contributed by atoms with Crippen LogP contribution in [0.4, 0.5) is 4.39 Å². The largest absolute Gasteiger partial charge is 0.494 e. The fourth-order valence-electron chi connectivity index (χ4n) is 2.16. The highest BCUT2D eigenvalue weighted by Gasteiger charge is 2.16. The Bertz CT molecular complexity index is 525. The lowest BCUT2D eigenvalue weighted by atomic mass is 9.98. The van der Waals surface area contributed by atoms with E-state index in [4.69, 9.17) is 4.74 Å². The van der Waals surface area contributed by atoms with Crippen molar-refractivity contribution in [3.05, 3.63) is 65.5 Å². The highest BCUT2D eigenvalue weighted by atomic mass is 19.1. The van der Waals surface area contributed by atoms with Crippen LogP contribution in [-0.4, -0.2) is 13.7 Å². The smallest absolute Gasteiger partial charge is 0.124 e. The molecule has 0 saturated carbocycles. The van der Waals surface area contributed by atoms with Gasteiger partial charge in [0.1, 0.15) is 11.6 Å². The van der Waals surface area contributed by atoms with E-state index < -0.39 is 0 Å². The molecule has 0 aliphatic carbocycles. The summed E-state index contributed by atoms with van der Waals surface area (Å²) < 4.78 is 18.7. The molecule has 0 aromatic heterocycles. The van der Waals surface area contributed by atoms with Crippen molar-refractivity contribution in [1.82, 2.24) is 5.32 Å². The quantitative estimate of drug-likeness (QED) is 0.887. The van der Waals surface area contributed by atoms with Crippen molar-refractivity contribution in [1.29, 1.82) is 0 Å². The van der Waals surface area contributed by atoms with Crippen molar-refractivity contribution >= 4 is 0 Å². The fourth-order valence-corrected chi connectivity index (χ4v) is 2.16. The summed E-state index contributed by atoms with van der Waals surface area (Å²) >= 11 is 0. The molecule has 0 fully saturated rings. The number of hydrogen-bond acceptors (Lipinski definition) is 2. The summed E-state index contributed by atoms with van der Waals surface area (Å²) in [7, 11) is 1.89. The number of hydrogen-bond donors (Lipinski definition) is 1. The van der Waals surface area contributed by atoms with Crippen LogP contribution < -0.4 is 10.1 Å². The molecule has 100 valence electrons. The average Bonchev–Trinajstić information content (AvgIpc) is 2.44. The predicted molar refractivity (Wildman–Crippen MR) is 74.9 cm³/mol. The molecule has 1 unspecified atom stereocenters. The number of halogens is 1. The Kier molecular flexibility index (Phi) is 4.53. The molecule has 0 saturated heterocycles. The first-order chi connectivity index (χ1) is 9.26. The first-order valence-corrected chi connectivity index (χ1v) is 6.40. The van der Waals surface area contributed by atoms with E-state index in [1.54, 1.807) is 12.1 Å². The molecular formula is C16H18FNO. The van der Waals surface area contributed by atoms with Gasteiger partial charge in [0.25, 0.3) is 0 Å². The average molecular weight is 259 g/mol. The molecule has 1 atom stereocenters. The van der Waals surface area contributed by atoms with E-state index in [0.29, 0.717) is 6.61 Å². The summed E-state index contributed by atoms with van der Waals surface area (Å²) in [6.45, 7) is 2.58. The van der Waals surface area contributed by atoms with Crippen LogP contribution in [0, 0.1) is 5.82 Å². The van der Waals surface area contributed by atoms with Gasteiger partial charge in [-0.2, -0.15) is 0 Å². The van der Waals surface area contributed by atoms with Gasteiger partial charge in [-0.05, 0) is 37.7 Å². The van der Waals surface area contributed by atoms with E-state index in [2.05, 4.69) is 5.32 Å². The van der Waals surface area contributed by atoms with E-state index in [9.17, 15) is 4.39 Å². The summed E-state index contributed by atoms with van der Waals surface area (Å²) in [6.07, 6.45) is 0. The summed E-state index contributed by atoms with van der Waals surface area (Å²) in [5.74, 6) is 0.630. The lowest BCUT2D eigenvalue weighted by Crippen LogP contribution is -2.18. The molecule has 2 aromatic carbocycles. The maximum absolute atomic E-state index is 13.0. The lowest BCUT2D eigenvalue weighted by molar-refractivity contribution is 0.334. The minimum absolute atomic E-state index is 0.0108. The summed E-state index contributed by atoms with van der Waals surface area (Å²) in [5, 5.41) is 3.25. The van der Waals surface area contributed by atoms with Crippen LogP contribution in [-0.2, 0) is 0 Å². The maximum Gasteiger partial charge on any atom is 0.124 e. The molecule has 0 spiro atoms. The van der Waals surface area contributed by atoms with Crippen LogP contribution in [0.1, 0.15) is 24.1 Å². The van der Waals surface area contributed by atoms with Crippen LogP contribution in [0.15, 0.2) is 48.5 Å². The number of nitrogens with one attached hydrogen (secondary N) is 1. The number of rotatable bonds is 5. The topological polar surface area (TPSA) is 21.3 Å². The third-order valence-electron chi connectivity index (χ3n) is 3.02. The SMILES string of the molecule is CCOc1ccccc1C(NC)c1ccc(F)cc1. The Labute approximate surface area is 113 Å². The molecule has 0 aliphatic heterocycles. The van der Waals surface area contributed by atoms with Crippen molar-refractivity contribution in [2.75, 3.05) is 13.7 Å². The van der Waals surface area contributed by atoms with E-state index in [-0.39, 0.29) is 11.9 Å². The van der Waals surface area contributed by atoms with Gasteiger partial charge < -0.3 is 10.1 Å². The van der Waals surface area contributed by atoms with Crippen LogP contribution in [0.25, 0.3) is 0 Å². The molecule has 0 bridgehead atoms. The molecule has 2 rings (SSSR count). The van der Waals surface area contributed by atoms with Crippen molar-refractivity contribution in [2.24, 2.45) is 0 Å². The van der Waals surface area contributed by atoms with Crippen LogP contribution in [0.2, 0.25) is 0 Å². The molecule has 0 radical (unpaired) electrons. The minimum Gasteiger partial charge on any atom is -0.494 e. The Hall–Kier alpha value is -1.87. The van der Waals surface area contributed by atoms with Gasteiger partial charge >= 0.3 is 0 Å². The Morgan fingerprint density at radius 3 is 2.42 bits per heavy atom. The fraction of sp³-hybridized carbons (Fsp3) is 0.250. The number of para-hydroxylation sites is 1. The Morgan fingerprint density at radius 1 is 1.11 bits per heavy atom. The summed E-state index contributed by atoms with van der Waals surface area (Å²) in [6, 6.07) is 14.4. The van der Waals surface area contributed by atoms with E-state index in [1.165, 1.54) is 12.1 Å². The van der Waals surface area contributed by atoms with E-state index in [0.717, 1.165) is 16.9 Å². The third-order valence-corrected chi connectivity index (χ3v) is 3.02. The van der Waals surface area contributed by atoms with Crippen LogP contribution >= 0.6 is 0 Å². The molecule has 1 N–H and O–H groups in total.